The van der Waals surface area contributed by atoms with Gasteiger partial charge in [0.05, 0.1) is 0 Å². The van der Waals surface area contributed by atoms with E-state index in [9.17, 15) is 0 Å². The monoisotopic (exact) mass is 244 g/mol. The highest BCUT2D eigenvalue weighted by Gasteiger charge is 2.07. The Hall–Kier alpha value is -1.81. The van der Waals surface area contributed by atoms with Gasteiger partial charge in [-0.05, 0) is 32.6 Å². The fourth-order valence-corrected chi connectivity index (χ4v) is 2.04. The smallest absolute Gasteiger partial charge is 0.133 e. The molecule has 4 heteroatoms. The maximum Gasteiger partial charge on any atom is 0.133 e. The van der Waals surface area contributed by atoms with Crippen LogP contribution in [0.2, 0.25) is 0 Å². The Labute approximate surface area is 108 Å². The van der Waals surface area contributed by atoms with Gasteiger partial charge in [0.2, 0.25) is 0 Å². The summed E-state index contributed by atoms with van der Waals surface area (Å²) in [5.41, 5.74) is 7.96. The predicted octanol–water partition coefficient (Wildman–Crippen LogP) is 2.10. The number of nitrogens with one attached hydrogen (secondary N) is 1. The molecule has 0 amide bonds. The van der Waals surface area contributed by atoms with E-state index >= 15 is 0 Å². The number of aromatic nitrogens is 1. The minimum absolute atomic E-state index is 0.808. The number of hydrogen-bond donors (Lipinski definition) is 2. The third-order valence-corrected chi connectivity index (χ3v) is 2.98. The van der Waals surface area contributed by atoms with Gasteiger partial charge in [-0.15, -0.1) is 0 Å². The van der Waals surface area contributed by atoms with Crippen molar-refractivity contribution >= 4 is 22.3 Å². The van der Waals surface area contributed by atoms with Crippen molar-refractivity contribution in [3.63, 3.8) is 0 Å². The molecule has 3 N–H and O–H groups in total. The number of nitrogens with two attached hydrogens (primary N) is 1. The van der Waals surface area contributed by atoms with E-state index in [1.807, 2.05) is 25.3 Å². The van der Waals surface area contributed by atoms with Crippen molar-refractivity contribution in [2.45, 2.75) is 6.92 Å². The average molecular weight is 244 g/mol. The van der Waals surface area contributed by atoms with Gasteiger partial charge in [0.1, 0.15) is 5.82 Å². The largest absolute Gasteiger partial charge is 0.398 e. The predicted molar refractivity (Wildman–Crippen MR) is 77.9 cm³/mol. The van der Waals surface area contributed by atoms with Gasteiger partial charge < -0.3 is 16.0 Å². The zero-order valence-electron chi connectivity index (χ0n) is 11.2. The second-order valence-electron chi connectivity index (χ2n) is 4.79. The van der Waals surface area contributed by atoms with E-state index in [0.29, 0.717) is 0 Å². The van der Waals surface area contributed by atoms with E-state index in [4.69, 9.17) is 5.73 Å². The Balaban J connectivity index is 2.34. The van der Waals surface area contributed by atoms with Gasteiger partial charge in [0, 0.05) is 35.7 Å². The summed E-state index contributed by atoms with van der Waals surface area (Å²) in [6.07, 6.45) is 1.87. The topological polar surface area (TPSA) is 54.2 Å². The van der Waals surface area contributed by atoms with Crippen molar-refractivity contribution < 1.29 is 0 Å². The molecule has 0 aliphatic heterocycles. The number of hydrogen-bond acceptors (Lipinski definition) is 4. The lowest BCUT2D eigenvalue weighted by molar-refractivity contribution is 0.425. The first-order chi connectivity index (χ1) is 8.59. The molecule has 0 saturated heterocycles. The van der Waals surface area contributed by atoms with Crippen LogP contribution >= 0.6 is 0 Å². The summed E-state index contributed by atoms with van der Waals surface area (Å²) in [6.45, 7) is 3.88. The van der Waals surface area contributed by atoms with E-state index in [0.717, 1.165) is 40.9 Å². The van der Waals surface area contributed by atoms with E-state index in [2.05, 4.69) is 35.4 Å². The van der Waals surface area contributed by atoms with Crippen LogP contribution in [0, 0.1) is 6.92 Å². The summed E-state index contributed by atoms with van der Waals surface area (Å²) in [5.74, 6) is 0.907. The molecule has 0 bridgehead atoms. The van der Waals surface area contributed by atoms with Crippen molar-refractivity contribution in [3.8, 4) is 0 Å². The van der Waals surface area contributed by atoms with Crippen molar-refractivity contribution in [1.82, 2.24) is 9.88 Å². The molecular formula is C14H20N4. The molecule has 1 heterocycles. The van der Waals surface area contributed by atoms with Crippen LogP contribution in [0.15, 0.2) is 24.4 Å². The summed E-state index contributed by atoms with van der Waals surface area (Å²) in [7, 11) is 4.11. The maximum absolute atomic E-state index is 6.04. The molecule has 2 rings (SSSR count). The van der Waals surface area contributed by atoms with Crippen LogP contribution in [0.4, 0.5) is 11.5 Å². The van der Waals surface area contributed by atoms with Crippen LogP contribution in [0.1, 0.15) is 5.56 Å². The van der Waals surface area contributed by atoms with Gasteiger partial charge in [-0.2, -0.15) is 0 Å². The number of aryl methyl sites for hydroxylation is 1. The number of rotatable bonds is 4. The van der Waals surface area contributed by atoms with Crippen molar-refractivity contribution in [3.05, 3.63) is 30.0 Å². The van der Waals surface area contributed by atoms with Crippen LogP contribution in [0.3, 0.4) is 0 Å². The molecule has 2 aromatic rings. The van der Waals surface area contributed by atoms with E-state index < -0.39 is 0 Å². The molecule has 0 unspecified atom stereocenters. The Kier molecular flexibility index (Phi) is 3.67. The molecule has 1 aromatic heterocycles. The quantitative estimate of drug-likeness (QED) is 0.809. The Morgan fingerprint density at radius 3 is 2.83 bits per heavy atom. The molecule has 0 aliphatic rings. The standard InChI is InChI=1S/C14H20N4/c1-10-9-17-14(16-7-8-18(2)3)11-5-4-6-12(15)13(10)11/h4-6,9H,7-8,15H2,1-3H3,(H,16,17). The normalized spacial score (nSPS) is 11.1. The summed E-state index contributed by atoms with van der Waals surface area (Å²) < 4.78 is 0. The highest BCUT2D eigenvalue weighted by Crippen LogP contribution is 2.28. The van der Waals surface area contributed by atoms with Crippen molar-refractivity contribution in [2.24, 2.45) is 0 Å². The molecule has 0 aliphatic carbocycles. The molecule has 1 aromatic carbocycles. The Morgan fingerprint density at radius 2 is 2.11 bits per heavy atom. The number of nitrogens with zero attached hydrogens (tertiary/aromatic N) is 2. The summed E-state index contributed by atoms with van der Waals surface area (Å²) in [6, 6.07) is 5.96. The van der Waals surface area contributed by atoms with E-state index in [1.54, 1.807) is 0 Å². The lowest BCUT2D eigenvalue weighted by Crippen LogP contribution is -2.21. The van der Waals surface area contributed by atoms with Crippen LogP contribution in [-0.2, 0) is 0 Å². The molecule has 96 valence electrons. The number of likely N-dealkylation sites (N-methyl/N-ethyl adjacent to an activating group) is 1. The number of anilines is 2. The summed E-state index contributed by atoms with van der Waals surface area (Å²) in [4.78, 5) is 6.60. The molecule has 0 fully saturated rings. The Morgan fingerprint density at radius 1 is 1.33 bits per heavy atom. The van der Waals surface area contributed by atoms with Crippen LogP contribution in [-0.4, -0.2) is 37.1 Å². The lowest BCUT2D eigenvalue weighted by Gasteiger charge is -2.14. The van der Waals surface area contributed by atoms with Crippen LogP contribution < -0.4 is 11.1 Å². The fourth-order valence-electron chi connectivity index (χ4n) is 2.04. The van der Waals surface area contributed by atoms with Gasteiger partial charge in [-0.25, -0.2) is 4.98 Å². The summed E-state index contributed by atoms with van der Waals surface area (Å²) in [5, 5.41) is 5.55. The number of benzene rings is 1. The second kappa shape index (κ2) is 5.23. The van der Waals surface area contributed by atoms with Gasteiger partial charge in [-0.1, -0.05) is 12.1 Å². The zero-order chi connectivity index (χ0) is 13.1. The number of pyridine rings is 1. The highest BCUT2D eigenvalue weighted by molar-refractivity contribution is 6.01. The molecule has 4 nitrogen and oxygen atoms in total. The van der Waals surface area contributed by atoms with Gasteiger partial charge in [0.15, 0.2) is 0 Å². The van der Waals surface area contributed by atoms with Gasteiger partial charge in [-0.3, -0.25) is 0 Å². The molecule has 18 heavy (non-hydrogen) atoms. The molecule has 0 radical (unpaired) electrons. The minimum atomic E-state index is 0.808. The van der Waals surface area contributed by atoms with Gasteiger partial charge >= 0.3 is 0 Å². The number of fused-ring (bicyclic) bond motifs is 1. The van der Waals surface area contributed by atoms with E-state index in [1.165, 1.54) is 0 Å². The molecule has 0 atom stereocenters. The fraction of sp³-hybridized carbons (Fsp3) is 0.357. The second-order valence-corrected chi connectivity index (χ2v) is 4.79. The average Bonchev–Trinajstić information content (AvgIpc) is 2.32. The lowest BCUT2D eigenvalue weighted by atomic mass is 10.1. The third kappa shape index (κ3) is 2.54. The molecule has 0 saturated carbocycles. The highest BCUT2D eigenvalue weighted by atomic mass is 15.1. The first-order valence-corrected chi connectivity index (χ1v) is 6.12. The first kappa shape index (κ1) is 12.6. The molecular weight excluding hydrogens is 224 g/mol. The zero-order valence-corrected chi connectivity index (χ0v) is 11.2. The van der Waals surface area contributed by atoms with Crippen LogP contribution in [0.5, 0.6) is 0 Å². The minimum Gasteiger partial charge on any atom is -0.398 e. The SMILES string of the molecule is Cc1cnc(NCCN(C)C)c2cccc(N)c12. The summed E-state index contributed by atoms with van der Waals surface area (Å²) >= 11 is 0. The van der Waals surface area contributed by atoms with Crippen molar-refractivity contribution in [2.75, 3.05) is 38.2 Å². The van der Waals surface area contributed by atoms with E-state index in [-0.39, 0.29) is 0 Å². The molecule has 0 spiro atoms. The van der Waals surface area contributed by atoms with Crippen LogP contribution in [0.25, 0.3) is 10.8 Å². The Bertz CT molecular complexity index is 540. The first-order valence-electron chi connectivity index (χ1n) is 6.12. The van der Waals surface area contributed by atoms with Crippen molar-refractivity contribution in [1.29, 1.82) is 0 Å². The van der Waals surface area contributed by atoms with Gasteiger partial charge in [0.25, 0.3) is 0 Å². The number of nitrogen functional groups attached to an aromatic ring is 1. The third-order valence-electron chi connectivity index (χ3n) is 2.98. The maximum atomic E-state index is 6.04.